The summed E-state index contributed by atoms with van der Waals surface area (Å²) in [5.74, 6) is 3.35. The first-order chi connectivity index (χ1) is 6.69. The maximum atomic E-state index is 5.95. The third-order valence-electron chi connectivity index (χ3n) is 4.10. The van der Waals surface area contributed by atoms with E-state index in [1.54, 1.807) is 0 Å². The lowest BCUT2D eigenvalue weighted by Crippen LogP contribution is -2.67. The Hall–Kier alpha value is 0.270. The molecule has 0 aromatic heterocycles. The van der Waals surface area contributed by atoms with Gasteiger partial charge in [-0.2, -0.15) is 11.8 Å². The van der Waals surface area contributed by atoms with Crippen molar-refractivity contribution in [3.8, 4) is 0 Å². The van der Waals surface area contributed by atoms with Crippen molar-refractivity contribution in [1.82, 2.24) is 4.90 Å². The largest absolute Gasteiger partial charge is 0.329 e. The van der Waals surface area contributed by atoms with Gasteiger partial charge in [0.1, 0.15) is 0 Å². The van der Waals surface area contributed by atoms with Crippen molar-refractivity contribution < 1.29 is 0 Å². The van der Waals surface area contributed by atoms with Crippen LogP contribution in [-0.4, -0.2) is 41.1 Å². The van der Waals surface area contributed by atoms with Crippen LogP contribution in [0.15, 0.2) is 0 Å². The average Bonchev–Trinajstić information content (AvgIpc) is 2.11. The molecule has 2 rings (SSSR count). The molecule has 2 heterocycles. The summed E-state index contributed by atoms with van der Waals surface area (Å²) in [6.45, 7) is 6.87. The van der Waals surface area contributed by atoms with Gasteiger partial charge >= 0.3 is 0 Å². The van der Waals surface area contributed by atoms with Crippen LogP contribution >= 0.6 is 11.8 Å². The van der Waals surface area contributed by atoms with Crippen LogP contribution in [-0.2, 0) is 0 Å². The highest BCUT2D eigenvalue weighted by Crippen LogP contribution is 2.39. The molecule has 0 saturated carbocycles. The van der Waals surface area contributed by atoms with Crippen LogP contribution in [0, 0.1) is 5.92 Å². The molecule has 14 heavy (non-hydrogen) atoms. The molecule has 3 heteroatoms. The SMILES string of the molecule is CC1CCCN(C2(CN)CSC2)C1C. The zero-order chi connectivity index (χ0) is 10.2. The van der Waals surface area contributed by atoms with Crippen molar-refractivity contribution in [2.45, 2.75) is 38.3 Å². The molecule has 2 fully saturated rings. The summed E-state index contributed by atoms with van der Waals surface area (Å²) in [4.78, 5) is 2.69. The van der Waals surface area contributed by atoms with E-state index in [4.69, 9.17) is 5.73 Å². The van der Waals surface area contributed by atoms with E-state index in [1.807, 2.05) is 11.8 Å². The molecule has 82 valence electrons. The van der Waals surface area contributed by atoms with Crippen LogP contribution in [0.1, 0.15) is 26.7 Å². The molecule has 2 nitrogen and oxygen atoms in total. The highest BCUT2D eigenvalue weighted by atomic mass is 32.2. The summed E-state index contributed by atoms with van der Waals surface area (Å²) >= 11 is 2.04. The lowest BCUT2D eigenvalue weighted by Gasteiger charge is -2.54. The van der Waals surface area contributed by atoms with Gasteiger partial charge in [-0.1, -0.05) is 6.92 Å². The van der Waals surface area contributed by atoms with Crippen LogP contribution in [0.4, 0.5) is 0 Å². The molecule has 0 aliphatic carbocycles. The van der Waals surface area contributed by atoms with Gasteiger partial charge in [-0.15, -0.1) is 0 Å². The Bertz CT molecular complexity index is 198. The molecule has 0 radical (unpaired) electrons. The predicted molar refractivity (Wildman–Crippen MR) is 63.7 cm³/mol. The number of hydrogen-bond donors (Lipinski definition) is 1. The van der Waals surface area contributed by atoms with Crippen molar-refractivity contribution in [1.29, 1.82) is 0 Å². The molecule has 2 unspecified atom stereocenters. The molecule has 0 amide bonds. The Morgan fingerprint density at radius 1 is 1.43 bits per heavy atom. The van der Waals surface area contributed by atoms with Crippen molar-refractivity contribution >= 4 is 11.8 Å². The zero-order valence-electron chi connectivity index (χ0n) is 9.33. The molecule has 2 aliphatic rings. The summed E-state index contributed by atoms with van der Waals surface area (Å²) in [5.41, 5.74) is 6.31. The van der Waals surface area contributed by atoms with Gasteiger partial charge in [-0.3, -0.25) is 4.90 Å². The standard InChI is InChI=1S/C11H22N2S/c1-9-4-3-5-13(10(9)2)11(6-12)7-14-8-11/h9-10H,3-8,12H2,1-2H3. The minimum absolute atomic E-state index is 0.360. The van der Waals surface area contributed by atoms with Crippen LogP contribution < -0.4 is 5.73 Å². The molecule has 2 aliphatic heterocycles. The summed E-state index contributed by atoms with van der Waals surface area (Å²) < 4.78 is 0. The number of rotatable bonds is 2. The fourth-order valence-electron chi connectivity index (χ4n) is 2.74. The average molecular weight is 214 g/mol. The summed E-state index contributed by atoms with van der Waals surface area (Å²) in [7, 11) is 0. The fourth-order valence-corrected chi connectivity index (χ4v) is 3.99. The Morgan fingerprint density at radius 2 is 2.14 bits per heavy atom. The lowest BCUT2D eigenvalue weighted by molar-refractivity contribution is 0.0244. The monoisotopic (exact) mass is 214 g/mol. The zero-order valence-corrected chi connectivity index (χ0v) is 10.1. The number of piperidine rings is 1. The van der Waals surface area contributed by atoms with Crippen molar-refractivity contribution in [3.63, 3.8) is 0 Å². The minimum atomic E-state index is 0.360. The maximum absolute atomic E-state index is 5.95. The maximum Gasteiger partial charge on any atom is 0.0514 e. The molecular weight excluding hydrogens is 192 g/mol. The predicted octanol–water partition coefficient (Wildman–Crippen LogP) is 1.55. The number of likely N-dealkylation sites (tertiary alicyclic amines) is 1. The van der Waals surface area contributed by atoms with E-state index in [1.165, 1.54) is 30.9 Å². The second-order valence-corrected chi connectivity index (χ2v) is 5.96. The molecule has 2 N–H and O–H groups in total. The minimum Gasteiger partial charge on any atom is -0.329 e. The molecule has 0 aromatic carbocycles. The number of nitrogens with two attached hydrogens (primary N) is 1. The second-order valence-electron chi connectivity index (χ2n) is 4.97. The molecule has 0 bridgehead atoms. The van der Waals surface area contributed by atoms with E-state index in [0.717, 1.165) is 18.5 Å². The molecule has 2 saturated heterocycles. The van der Waals surface area contributed by atoms with Gasteiger partial charge in [-0.05, 0) is 32.2 Å². The molecule has 0 spiro atoms. The number of nitrogens with zero attached hydrogens (tertiary/aromatic N) is 1. The smallest absolute Gasteiger partial charge is 0.0514 e. The van der Waals surface area contributed by atoms with Crippen LogP contribution in [0.2, 0.25) is 0 Å². The summed E-state index contributed by atoms with van der Waals surface area (Å²) in [6, 6.07) is 0.730. The van der Waals surface area contributed by atoms with Crippen molar-refractivity contribution in [2.75, 3.05) is 24.6 Å². The van der Waals surface area contributed by atoms with Gasteiger partial charge in [0.15, 0.2) is 0 Å². The van der Waals surface area contributed by atoms with E-state index in [2.05, 4.69) is 18.7 Å². The lowest BCUT2D eigenvalue weighted by atomic mass is 9.87. The van der Waals surface area contributed by atoms with Gasteiger partial charge in [0.05, 0.1) is 5.54 Å². The van der Waals surface area contributed by atoms with Crippen LogP contribution in [0.25, 0.3) is 0 Å². The third kappa shape index (κ3) is 1.59. The van der Waals surface area contributed by atoms with E-state index < -0.39 is 0 Å². The first-order valence-electron chi connectivity index (χ1n) is 5.74. The quantitative estimate of drug-likeness (QED) is 0.756. The number of thioether (sulfide) groups is 1. The highest BCUT2D eigenvalue weighted by Gasteiger charge is 2.45. The van der Waals surface area contributed by atoms with Gasteiger partial charge < -0.3 is 5.73 Å². The van der Waals surface area contributed by atoms with E-state index in [0.29, 0.717) is 5.54 Å². The number of hydrogen-bond acceptors (Lipinski definition) is 3. The van der Waals surface area contributed by atoms with Crippen LogP contribution in [0.3, 0.4) is 0 Å². The topological polar surface area (TPSA) is 29.3 Å². The van der Waals surface area contributed by atoms with Gasteiger partial charge in [-0.25, -0.2) is 0 Å². The Labute approximate surface area is 91.6 Å². The Balaban J connectivity index is 2.07. The van der Waals surface area contributed by atoms with E-state index in [9.17, 15) is 0 Å². The first kappa shape index (κ1) is 10.8. The third-order valence-corrected chi connectivity index (χ3v) is 5.59. The van der Waals surface area contributed by atoms with Gasteiger partial charge in [0.25, 0.3) is 0 Å². The fraction of sp³-hybridized carbons (Fsp3) is 1.00. The van der Waals surface area contributed by atoms with E-state index in [-0.39, 0.29) is 0 Å². The summed E-state index contributed by atoms with van der Waals surface area (Å²) in [6.07, 6.45) is 2.75. The molecule has 0 aromatic rings. The summed E-state index contributed by atoms with van der Waals surface area (Å²) in [5, 5.41) is 0. The van der Waals surface area contributed by atoms with Gasteiger partial charge in [0.2, 0.25) is 0 Å². The molecule has 2 atom stereocenters. The Kier molecular flexibility index (Phi) is 3.10. The normalized spacial score (nSPS) is 37.9. The second kappa shape index (κ2) is 4.03. The van der Waals surface area contributed by atoms with Crippen LogP contribution in [0.5, 0.6) is 0 Å². The van der Waals surface area contributed by atoms with Crippen molar-refractivity contribution in [3.05, 3.63) is 0 Å². The first-order valence-corrected chi connectivity index (χ1v) is 6.90. The molecular formula is C11H22N2S. The van der Waals surface area contributed by atoms with Gasteiger partial charge in [0, 0.05) is 24.1 Å². The van der Waals surface area contributed by atoms with Crippen molar-refractivity contribution in [2.24, 2.45) is 11.7 Å². The highest BCUT2D eigenvalue weighted by molar-refractivity contribution is 8.00. The Morgan fingerprint density at radius 3 is 2.64 bits per heavy atom. The van der Waals surface area contributed by atoms with E-state index >= 15 is 0 Å².